The van der Waals surface area contributed by atoms with E-state index in [2.05, 4.69) is 10.4 Å². The highest BCUT2D eigenvalue weighted by Gasteiger charge is 2.10. The maximum atomic E-state index is 12.6. The van der Waals surface area contributed by atoms with Gasteiger partial charge in [-0.05, 0) is 54.3 Å². The van der Waals surface area contributed by atoms with Crippen LogP contribution in [0.25, 0.3) is 0 Å². The molecule has 6 heteroatoms. The highest BCUT2D eigenvalue weighted by molar-refractivity contribution is 7.12. The number of anilines is 1. The predicted octanol–water partition coefficient (Wildman–Crippen LogP) is 5.13. The quantitative estimate of drug-likeness (QED) is 0.465. The summed E-state index contributed by atoms with van der Waals surface area (Å²) in [5, 5.41) is 9.14. The van der Waals surface area contributed by atoms with Crippen LogP contribution < -0.4 is 10.1 Å². The second kappa shape index (κ2) is 8.75. The van der Waals surface area contributed by atoms with E-state index >= 15 is 0 Å². The fourth-order valence-electron chi connectivity index (χ4n) is 2.89. The number of aromatic nitrogens is 2. The molecule has 4 aromatic rings. The molecule has 0 saturated carbocycles. The van der Waals surface area contributed by atoms with E-state index in [-0.39, 0.29) is 5.91 Å². The van der Waals surface area contributed by atoms with Crippen LogP contribution in [0.3, 0.4) is 0 Å². The number of ether oxygens (including phenoxy) is 1. The second-order valence-electron chi connectivity index (χ2n) is 6.78. The van der Waals surface area contributed by atoms with Crippen LogP contribution in [0.1, 0.15) is 26.4 Å². The highest BCUT2D eigenvalue weighted by atomic mass is 32.1. The van der Waals surface area contributed by atoms with Gasteiger partial charge in [0.05, 0.1) is 11.4 Å². The van der Waals surface area contributed by atoms with Crippen LogP contribution in [0.5, 0.6) is 5.75 Å². The highest BCUT2D eigenvalue weighted by Crippen LogP contribution is 2.20. The fraction of sp³-hybridized carbons (Fsp3) is 0.130. The van der Waals surface area contributed by atoms with Crippen molar-refractivity contribution in [2.75, 3.05) is 5.32 Å². The molecule has 0 spiro atoms. The number of rotatable bonds is 7. The van der Waals surface area contributed by atoms with Gasteiger partial charge in [-0.3, -0.25) is 9.48 Å². The number of hydrogen-bond donors (Lipinski definition) is 1. The smallest absolute Gasteiger partial charge is 0.265 e. The number of benzene rings is 2. The van der Waals surface area contributed by atoms with Crippen molar-refractivity contribution in [2.24, 2.45) is 0 Å². The Balaban J connectivity index is 1.36. The maximum Gasteiger partial charge on any atom is 0.265 e. The Bertz CT molecular complexity index is 1090. The molecule has 5 nitrogen and oxygen atoms in total. The lowest BCUT2D eigenvalue weighted by molar-refractivity contribution is 0.103. The number of hydrogen-bond acceptors (Lipinski definition) is 4. The van der Waals surface area contributed by atoms with E-state index in [1.165, 1.54) is 16.9 Å². The first-order valence-electron chi connectivity index (χ1n) is 9.30. The molecule has 146 valence electrons. The molecule has 0 aliphatic rings. The summed E-state index contributed by atoms with van der Waals surface area (Å²) in [4.78, 5) is 13.3. The van der Waals surface area contributed by atoms with Crippen LogP contribution in [0.2, 0.25) is 0 Å². The molecule has 2 aromatic heterocycles. The van der Waals surface area contributed by atoms with Gasteiger partial charge in [-0.2, -0.15) is 5.10 Å². The normalized spacial score (nSPS) is 10.7. The van der Waals surface area contributed by atoms with Gasteiger partial charge in [0.15, 0.2) is 0 Å². The Labute approximate surface area is 173 Å². The van der Waals surface area contributed by atoms with Crippen molar-refractivity contribution in [3.8, 4) is 5.75 Å². The molecular formula is C23H21N3O2S. The largest absolute Gasteiger partial charge is 0.489 e. The summed E-state index contributed by atoms with van der Waals surface area (Å²) in [6.07, 6.45) is 3.67. The molecule has 1 N–H and O–H groups in total. The van der Waals surface area contributed by atoms with Gasteiger partial charge in [-0.1, -0.05) is 29.8 Å². The second-order valence-corrected chi connectivity index (χ2v) is 7.69. The minimum absolute atomic E-state index is 0.118. The minimum atomic E-state index is -0.118. The monoisotopic (exact) mass is 403 g/mol. The van der Waals surface area contributed by atoms with E-state index in [0.29, 0.717) is 18.0 Å². The van der Waals surface area contributed by atoms with Crippen LogP contribution in [0.4, 0.5) is 5.69 Å². The average molecular weight is 404 g/mol. The number of nitrogens with zero attached hydrogens (tertiary/aromatic N) is 2. The van der Waals surface area contributed by atoms with Crippen molar-refractivity contribution in [3.63, 3.8) is 0 Å². The molecule has 0 radical (unpaired) electrons. The first-order valence-corrected chi connectivity index (χ1v) is 10.2. The van der Waals surface area contributed by atoms with Crippen LogP contribution >= 0.6 is 11.3 Å². The van der Waals surface area contributed by atoms with Gasteiger partial charge in [-0.15, -0.1) is 11.3 Å². The van der Waals surface area contributed by atoms with Crippen molar-refractivity contribution < 1.29 is 9.53 Å². The van der Waals surface area contributed by atoms with Crippen molar-refractivity contribution >= 4 is 22.9 Å². The number of aryl methyl sites for hydroxylation is 1. The first kappa shape index (κ1) is 19.0. The summed E-state index contributed by atoms with van der Waals surface area (Å²) < 4.78 is 7.64. The Morgan fingerprint density at radius 1 is 1.10 bits per heavy atom. The van der Waals surface area contributed by atoms with Gasteiger partial charge in [0.2, 0.25) is 0 Å². The molecule has 2 aromatic carbocycles. The number of carbonyl (C=O) groups is 1. The summed E-state index contributed by atoms with van der Waals surface area (Å²) in [7, 11) is 0. The zero-order valence-corrected chi connectivity index (χ0v) is 16.9. The molecule has 0 aliphatic heterocycles. The molecule has 0 bridgehead atoms. The topological polar surface area (TPSA) is 56.1 Å². The molecule has 0 unspecified atom stereocenters. The van der Waals surface area contributed by atoms with Gasteiger partial charge in [0.25, 0.3) is 5.91 Å². The van der Waals surface area contributed by atoms with Gasteiger partial charge in [0, 0.05) is 23.6 Å². The summed E-state index contributed by atoms with van der Waals surface area (Å²) >= 11 is 1.42. The summed E-state index contributed by atoms with van der Waals surface area (Å²) in [6.45, 7) is 3.14. The van der Waals surface area contributed by atoms with Crippen LogP contribution in [0.15, 0.2) is 78.4 Å². The number of carbonyl (C=O) groups excluding carboxylic acids is 1. The lowest BCUT2D eigenvalue weighted by Crippen LogP contribution is -2.10. The van der Waals surface area contributed by atoms with E-state index in [0.717, 1.165) is 22.6 Å². The number of amides is 1. The zero-order chi connectivity index (χ0) is 20.1. The molecule has 1 amide bonds. The average Bonchev–Trinajstić information content (AvgIpc) is 3.40. The van der Waals surface area contributed by atoms with Crippen LogP contribution in [-0.4, -0.2) is 15.7 Å². The molecule has 0 saturated heterocycles. The molecule has 0 atom stereocenters. The van der Waals surface area contributed by atoms with E-state index < -0.39 is 0 Å². The van der Waals surface area contributed by atoms with Gasteiger partial charge < -0.3 is 10.1 Å². The van der Waals surface area contributed by atoms with Crippen molar-refractivity contribution in [2.45, 2.75) is 20.1 Å². The van der Waals surface area contributed by atoms with E-state index in [9.17, 15) is 4.79 Å². The third-order valence-electron chi connectivity index (χ3n) is 4.39. The van der Waals surface area contributed by atoms with Gasteiger partial charge in [-0.25, -0.2) is 0 Å². The minimum Gasteiger partial charge on any atom is -0.489 e. The fourth-order valence-corrected chi connectivity index (χ4v) is 3.68. The van der Waals surface area contributed by atoms with E-state index in [1.807, 2.05) is 83.8 Å². The summed E-state index contributed by atoms with van der Waals surface area (Å²) in [5.74, 6) is 0.703. The Kier molecular flexibility index (Phi) is 5.72. The lowest BCUT2D eigenvalue weighted by Gasteiger charge is -2.07. The Hall–Kier alpha value is -3.38. The van der Waals surface area contributed by atoms with Crippen molar-refractivity contribution in [1.29, 1.82) is 0 Å². The summed E-state index contributed by atoms with van der Waals surface area (Å²) in [6, 6.07) is 19.5. The van der Waals surface area contributed by atoms with E-state index in [1.54, 1.807) is 6.20 Å². The number of nitrogens with one attached hydrogen (secondary N) is 1. The molecule has 4 rings (SSSR count). The van der Waals surface area contributed by atoms with Gasteiger partial charge >= 0.3 is 0 Å². The van der Waals surface area contributed by atoms with Crippen molar-refractivity contribution in [3.05, 3.63) is 100 Å². The first-order chi connectivity index (χ1) is 14.2. The van der Waals surface area contributed by atoms with Crippen LogP contribution in [-0.2, 0) is 13.2 Å². The lowest BCUT2D eigenvalue weighted by atomic mass is 10.2. The zero-order valence-electron chi connectivity index (χ0n) is 16.0. The SMILES string of the molecule is Cc1ccc(OCc2csc(C(=O)Nc3cccc(Cn4cccn4)c3)c2)cc1. The van der Waals surface area contributed by atoms with Gasteiger partial charge in [0.1, 0.15) is 12.4 Å². The molecule has 0 aliphatic carbocycles. The predicted molar refractivity (Wildman–Crippen MR) is 116 cm³/mol. The van der Waals surface area contributed by atoms with Crippen molar-refractivity contribution in [1.82, 2.24) is 9.78 Å². The molecule has 2 heterocycles. The molecule has 29 heavy (non-hydrogen) atoms. The Morgan fingerprint density at radius 2 is 1.97 bits per heavy atom. The third kappa shape index (κ3) is 5.12. The Morgan fingerprint density at radius 3 is 2.76 bits per heavy atom. The molecular weight excluding hydrogens is 382 g/mol. The number of thiophene rings is 1. The molecule has 0 fully saturated rings. The standard InChI is InChI=1S/C23H21N3O2S/c1-17-6-8-21(9-7-17)28-15-19-13-22(29-16-19)23(27)25-20-5-2-4-18(12-20)14-26-11-3-10-24-26/h2-13,16H,14-15H2,1H3,(H,25,27). The third-order valence-corrected chi connectivity index (χ3v) is 5.37. The summed E-state index contributed by atoms with van der Waals surface area (Å²) in [5.41, 5.74) is 4.02. The van der Waals surface area contributed by atoms with Crippen LogP contribution in [0, 0.1) is 6.92 Å². The van der Waals surface area contributed by atoms with E-state index in [4.69, 9.17) is 4.74 Å². The maximum absolute atomic E-state index is 12.6.